The summed E-state index contributed by atoms with van der Waals surface area (Å²) in [6, 6.07) is 13.0. The summed E-state index contributed by atoms with van der Waals surface area (Å²) in [7, 11) is 0. The quantitative estimate of drug-likeness (QED) is 0.209. The van der Waals surface area contributed by atoms with Gasteiger partial charge < -0.3 is 10.1 Å². The number of amides is 1. The molecule has 0 spiro atoms. The predicted octanol–water partition coefficient (Wildman–Crippen LogP) is 6.43. The molecule has 4 aromatic rings. The third-order valence-electron chi connectivity index (χ3n) is 6.66. The standard InChI is InChI=1S/C29H22ClF4N5O2/c30-27-13-19(7-9-36-27)16-37-28(40)39-25-6-5-21(41-29(32,33)34)14-22(25)23-17-38(11-8-26(23)39)10-1-2-18-3-4-20(15-35)24(31)12-18/h1-7,9,12-14H,8,10-11,16-17H2,(H,37,40)/b2-1+. The minimum atomic E-state index is -4.86. The van der Waals surface area contributed by atoms with Crippen molar-refractivity contribution in [3.63, 3.8) is 0 Å². The molecule has 0 aliphatic carbocycles. The van der Waals surface area contributed by atoms with Crippen LogP contribution in [0.4, 0.5) is 22.4 Å². The number of pyridine rings is 1. The number of halogens is 5. The molecule has 1 N–H and O–H groups in total. The molecule has 0 unspecified atom stereocenters. The van der Waals surface area contributed by atoms with E-state index in [1.165, 1.54) is 41.1 Å². The van der Waals surface area contributed by atoms with Crippen molar-refractivity contribution in [3.05, 3.63) is 99.7 Å². The number of aromatic nitrogens is 2. The van der Waals surface area contributed by atoms with Crippen LogP contribution in [0.3, 0.4) is 0 Å². The maximum absolute atomic E-state index is 13.9. The van der Waals surface area contributed by atoms with E-state index in [0.717, 1.165) is 11.1 Å². The largest absolute Gasteiger partial charge is 0.573 e. The van der Waals surface area contributed by atoms with Gasteiger partial charge in [-0.25, -0.2) is 14.2 Å². The summed E-state index contributed by atoms with van der Waals surface area (Å²) in [6.45, 7) is 1.60. The Labute approximate surface area is 237 Å². The van der Waals surface area contributed by atoms with E-state index in [9.17, 15) is 22.4 Å². The third-order valence-corrected chi connectivity index (χ3v) is 6.86. The van der Waals surface area contributed by atoms with E-state index < -0.39 is 18.2 Å². The number of hydrogen-bond donors (Lipinski definition) is 1. The Balaban J connectivity index is 1.41. The zero-order valence-corrected chi connectivity index (χ0v) is 22.1. The SMILES string of the molecule is N#Cc1ccc(/C=C/CN2CCc3c(c4cc(OC(F)(F)F)ccc4n3C(=O)NCc3ccnc(Cl)c3)C2)cc1F. The Morgan fingerprint density at radius 1 is 1.20 bits per heavy atom. The lowest BCUT2D eigenvalue weighted by atomic mass is 10.0. The Morgan fingerprint density at radius 2 is 2.02 bits per heavy atom. The van der Waals surface area contributed by atoms with Gasteiger partial charge in [0.15, 0.2) is 0 Å². The van der Waals surface area contributed by atoms with Crippen molar-refractivity contribution in [1.29, 1.82) is 5.26 Å². The number of alkyl halides is 3. The van der Waals surface area contributed by atoms with E-state index in [1.54, 1.807) is 30.3 Å². The molecular weight excluding hydrogens is 562 g/mol. The van der Waals surface area contributed by atoms with Crippen LogP contribution in [-0.4, -0.2) is 39.9 Å². The van der Waals surface area contributed by atoms with Gasteiger partial charge in [0.1, 0.15) is 22.8 Å². The number of ether oxygens (including phenoxy) is 1. The van der Waals surface area contributed by atoms with Crippen LogP contribution < -0.4 is 10.1 Å². The van der Waals surface area contributed by atoms with Crippen LogP contribution in [-0.2, 0) is 19.5 Å². The Morgan fingerprint density at radius 3 is 2.76 bits per heavy atom. The van der Waals surface area contributed by atoms with E-state index in [1.807, 2.05) is 6.08 Å². The first kappa shape index (κ1) is 28.1. The Hall–Kier alpha value is -4.40. The summed E-state index contributed by atoms with van der Waals surface area (Å²) >= 11 is 5.94. The summed E-state index contributed by atoms with van der Waals surface area (Å²) in [5.41, 5.74) is 3.17. The smallest absolute Gasteiger partial charge is 0.406 e. The van der Waals surface area contributed by atoms with Crippen molar-refractivity contribution in [2.24, 2.45) is 0 Å². The lowest BCUT2D eigenvalue weighted by Crippen LogP contribution is -2.34. The maximum Gasteiger partial charge on any atom is 0.573 e. The van der Waals surface area contributed by atoms with Gasteiger partial charge in [-0.1, -0.05) is 29.8 Å². The summed E-state index contributed by atoms with van der Waals surface area (Å²) in [6.07, 6.45) is 0.710. The number of carbonyl (C=O) groups excluding carboxylic acids is 1. The lowest BCUT2D eigenvalue weighted by Gasteiger charge is -2.27. The van der Waals surface area contributed by atoms with Gasteiger partial charge in [-0.15, -0.1) is 13.2 Å². The number of nitrogens with zero attached hydrogens (tertiary/aromatic N) is 4. The number of nitriles is 1. The lowest BCUT2D eigenvalue weighted by molar-refractivity contribution is -0.274. The molecule has 0 saturated heterocycles. The molecule has 2 aromatic heterocycles. The molecule has 12 heteroatoms. The molecule has 5 rings (SSSR count). The molecule has 0 bridgehead atoms. The topological polar surface area (TPSA) is 83.2 Å². The van der Waals surface area contributed by atoms with E-state index >= 15 is 0 Å². The fourth-order valence-electron chi connectivity index (χ4n) is 4.85. The third kappa shape index (κ3) is 6.51. The zero-order chi connectivity index (χ0) is 29.1. The highest BCUT2D eigenvalue weighted by Gasteiger charge is 2.32. The predicted molar refractivity (Wildman–Crippen MR) is 145 cm³/mol. The number of nitrogens with one attached hydrogen (secondary N) is 1. The van der Waals surface area contributed by atoms with Crippen LogP contribution in [0.15, 0.2) is 60.8 Å². The molecule has 1 aliphatic heterocycles. The molecule has 7 nitrogen and oxygen atoms in total. The van der Waals surface area contributed by atoms with Crippen LogP contribution in [0.5, 0.6) is 5.75 Å². The highest BCUT2D eigenvalue weighted by Crippen LogP contribution is 2.35. The van der Waals surface area contributed by atoms with Gasteiger partial charge in [0.25, 0.3) is 0 Å². The second kappa shape index (κ2) is 11.6. The van der Waals surface area contributed by atoms with Crippen molar-refractivity contribution in [2.75, 3.05) is 13.1 Å². The van der Waals surface area contributed by atoms with Gasteiger partial charge in [0.2, 0.25) is 0 Å². The fraction of sp³-hybridized carbons (Fsp3) is 0.207. The van der Waals surface area contributed by atoms with Gasteiger partial charge in [-0.2, -0.15) is 5.26 Å². The van der Waals surface area contributed by atoms with Gasteiger partial charge in [0.05, 0.1) is 11.1 Å². The molecule has 1 amide bonds. The summed E-state index contributed by atoms with van der Waals surface area (Å²) in [5, 5.41) is 12.5. The monoisotopic (exact) mass is 583 g/mol. The van der Waals surface area contributed by atoms with Crippen LogP contribution in [0, 0.1) is 17.1 Å². The minimum absolute atomic E-state index is 0.0374. The van der Waals surface area contributed by atoms with Crippen molar-refractivity contribution in [1.82, 2.24) is 19.8 Å². The average Bonchev–Trinajstić information content (AvgIpc) is 3.24. The number of carbonyl (C=O) groups is 1. The first-order chi connectivity index (χ1) is 19.6. The molecule has 210 valence electrons. The van der Waals surface area contributed by atoms with Gasteiger partial charge in [-0.3, -0.25) is 9.47 Å². The van der Waals surface area contributed by atoms with Gasteiger partial charge >= 0.3 is 12.4 Å². The molecule has 3 heterocycles. The van der Waals surface area contributed by atoms with Crippen LogP contribution in [0.1, 0.15) is 27.9 Å². The van der Waals surface area contributed by atoms with E-state index in [0.29, 0.717) is 48.2 Å². The first-order valence-corrected chi connectivity index (χ1v) is 12.9. The number of hydrogen-bond acceptors (Lipinski definition) is 5. The van der Waals surface area contributed by atoms with Crippen molar-refractivity contribution in [2.45, 2.75) is 25.9 Å². The second-order valence-electron chi connectivity index (χ2n) is 9.37. The molecule has 2 aromatic carbocycles. The highest BCUT2D eigenvalue weighted by molar-refractivity contribution is 6.29. The van der Waals surface area contributed by atoms with E-state index in [4.69, 9.17) is 16.9 Å². The van der Waals surface area contributed by atoms with Gasteiger partial charge in [0, 0.05) is 49.9 Å². The van der Waals surface area contributed by atoms with Crippen LogP contribution >= 0.6 is 11.6 Å². The highest BCUT2D eigenvalue weighted by atomic mass is 35.5. The zero-order valence-electron chi connectivity index (χ0n) is 21.4. The molecule has 0 fully saturated rings. The normalized spacial score (nSPS) is 13.8. The first-order valence-electron chi connectivity index (χ1n) is 12.5. The number of benzene rings is 2. The minimum Gasteiger partial charge on any atom is -0.406 e. The number of rotatable bonds is 6. The van der Waals surface area contributed by atoms with Gasteiger partial charge in [-0.05, 0) is 59.2 Å². The van der Waals surface area contributed by atoms with Crippen molar-refractivity contribution >= 4 is 34.6 Å². The molecular formula is C29H22ClF4N5O2. The van der Waals surface area contributed by atoms with Crippen molar-refractivity contribution < 1.29 is 27.1 Å². The molecule has 0 saturated carbocycles. The molecule has 0 atom stereocenters. The molecule has 41 heavy (non-hydrogen) atoms. The van der Waals surface area contributed by atoms with Crippen LogP contribution in [0.25, 0.3) is 17.0 Å². The molecule has 0 radical (unpaired) electrons. The Bertz CT molecular complexity index is 1690. The maximum atomic E-state index is 13.9. The summed E-state index contributed by atoms with van der Waals surface area (Å²) in [4.78, 5) is 19.4. The summed E-state index contributed by atoms with van der Waals surface area (Å²) in [5.74, 6) is -0.982. The second-order valence-corrected chi connectivity index (χ2v) is 9.76. The molecule has 1 aliphatic rings. The van der Waals surface area contributed by atoms with Crippen molar-refractivity contribution in [3.8, 4) is 11.8 Å². The number of fused-ring (bicyclic) bond motifs is 3. The summed E-state index contributed by atoms with van der Waals surface area (Å²) < 4.78 is 58.4. The average molecular weight is 584 g/mol. The van der Waals surface area contributed by atoms with Crippen LogP contribution in [0.2, 0.25) is 5.15 Å². The van der Waals surface area contributed by atoms with E-state index in [2.05, 4.69) is 19.9 Å². The Kier molecular flexibility index (Phi) is 7.97. The fourth-order valence-corrected chi connectivity index (χ4v) is 5.05. The van der Waals surface area contributed by atoms with E-state index in [-0.39, 0.29) is 23.0 Å².